The molecule has 12 aromatic carbocycles. The van der Waals surface area contributed by atoms with E-state index in [4.69, 9.17) is 0 Å². The summed E-state index contributed by atoms with van der Waals surface area (Å²) in [6.45, 7) is 0. The van der Waals surface area contributed by atoms with Gasteiger partial charge in [-0.1, -0.05) is 231 Å². The largest absolute Gasteiger partial charge is 0.310 e. The third kappa shape index (κ3) is 7.12. The van der Waals surface area contributed by atoms with Crippen molar-refractivity contribution < 1.29 is 0 Å². The molecule has 0 saturated carbocycles. The van der Waals surface area contributed by atoms with Gasteiger partial charge in [-0.15, -0.1) is 22.7 Å². The molecule has 2 heterocycles. The molecule has 0 N–H and O–H groups in total. The maximum atomic E-state index is 2.47. The fourth-order valence-electron chi connectivity index (χ4n) is 12.3. The number of rotatable bonds is 9. The zero-order valence-corrected chi connectivity index (χ0v) is 43.0. The minimum atomic E-state index is -0.520. The van der Waals surface area contributed by atoms with E-state index in [1.165, 1.54) is 118 Å². The maximum absolute atomic E-state index is 2.47. The molecular weight excluding hydrogens is 955 g/mol. The fourth-order valence-corrected chi connectivity index (χ4v) is 14.6. The van der Waals surface area contributed by atoms with Gasteiger partial charge in [-0.2, -0.15) is 0 Å². The number of fused-ring (bicyclic) bond motifs is 9. The Kier molecular flexibility index (Phi) is 10.6. The summed E-state index contributed by atoms with van der Waals surface area (Å²) in [6, 6.07) is 106. The molecule has 1 aliphatic rings. The van der Waals surface area contributed by atoms with Crippen molar-refractivity contribution in [1.82, 2.24) is 0 Å². The van der Waals surface area contributed by atoms with Crippen LogP contribution in [0.2, 0.25) is 0 Å². The van der Waals surface area contributed by atoms with Crippen LogP contribution in [0.3, 0.4) is 0 Å². The number of anilines is 3. The average Bonchev–Trinajstić information content (AvgIpc) is 4.33. The van der Waals surface area contributed by atoms with Crippen LogP contribution in [0.4, 0.5) is 17.1 Å². The van der Waals surface area contributed by atoms with Crippen molar-refractivity contribution in [2.24, 2.45) is 0 Å². The second kappa shape index (κ2) is 18.1. The molecule has 0 saturated heterocycles. The van der Waals surface area contributed by atoms with Gasteiger partial charge < -0.3 is 4.90 Å². The molecule has 0 spiro atoms. The van der Waals surface area contributed by atoms with Crippen LogP contribution < -0.4 is 4.90 Å². The van der Waals surface area contributed by atoms with E-state index in [-0.39, 0.29) is 0 Å². The Labute approximate surface area is 450 Å². The lowest BCUT2D eigenvalue weighted by Crippen LogP contribution is -2.28. The predicted molar refractivity (Wildman–Crippen MR) is 326 cm³/mol. The first-order valence-electron chi connectivity index (χ1n) is 26.1. The van der Waals surface area contributed by atoms with Crippen LogP contribution >= 0.6 is 22.7 Å². The Morgan fingerprint density at radius 1 is 0.276 bits per heavy atom. The Morgan fingerprint density at radius 3 is 1.34 bits per heavy atom. The molecule has 15 rings (SSSR count). The van der Waals surface area contributed by atoms with Crippen LogP contribution in [0.5, 0.6) is 0 Å². The summed E-state index contributed by atoms with van der Waals surface area (Å²) >= 11 is 3.74. The first kappa shape index (κ1) is 44.4. The normalized spacial score (nSPS) is 12.6. The summed E-state index contributed by atoms with van der Waals surface area (Å²) in [6.07, 6.45) is 0. The summed E-state index contributed by atoms with van der Waals surface area (Å²) < 4.78 is 5.32. The highest BCUT2D eigenvalue weighted by Gasteiger charge is 2.47. The molecule has 356 valence electrons. The number of thiophene rings is 2. The van der Waals surface area contributed by atoms with E-state index in [1.807, 2.05) is 22.7 Å². The minimum Gasteiger partial charge on any atom is -0.310 e. The molecule has 3 heteroatoms. The SMILES string of the molecule is c1ccc(C2(c3ccccc3)c3ccccc3-c3c(N(c4ccc(-c5ccc(-c6ccc7sc8ccccc8c7c6)cc5)cc4)c4ccc(-c5ccc(-c6cccc7c6sc6ccccc67)cc5)cc4)cccc32)cc1. The van der Waals surface area contributed by atoms with Gasteiger partial charge in [-0.3, -0.25) is 0 Å². The van der Waals surface area contributed by atoms with Crippen LogP contribution in [0, 0.1) is 0 Å². The van der Waals surface area contributed by atoms with Gasteiger partial charge in [0, 0.05) is 57.3 Å². The van der Waals surface area contributed by atoms with Crippen molar-refractivity contribution in [3.63, 3.8) is 0 Å². The quantitative estimate of drug-likeness (QED) is 0.139. The average molecular weight is 1000 g/mol. The molecule has 0 bridgehead atoms. The summed E-state index contributed by atoms with van der Waals surface area (Å²) in [5, 5.41) is 5.29. The van der Waals surface area contributed by atoms with Crippen molar-refractivity contribution in [3.05, 3.63) is 307 Å². The van der Waals surface area contributed by atoms with Crippen LogP contribution in [0.1, 0.15) is 22.3 Å². The molecule has 0 amide bonds. The van der Waals surface area contributed by atoms with E-state index < -0.39 is 5.41 Å². The van der Waals surface area contributed by atoms with Crippen LogP contribution in [-0.4, -0.2) is 0 Å². The van der Waals surface area contributed by atoms with Gasteiger partial charge in [0.25, 0.3) is 0 Å². The molecule has 0 radical (unpaired) electrons. The van der Waals surface area contributed by atoms with Gasteiger partial charge in [0.05, 0.1) is 11.1 Å². The molecule has 0 aliphatic heterocycles. The summed E-state index contributed by atoms with van der Waals surface area (Å²) in [5.74, 6) is 0. The van der Waals surface area contributed by atoms with Gasteiger partial charge in [-0.05, 0) is 127 Å². The molecule has 0 unspecified atom stereocenters. The first-order chi connectivity index (χ1) is 37.7. The minimum absolute atomic E-state index is 0.520. The second-order valence-corrected chi connectivity index (χ2v) is 22.0. The second-order valence-electron chi connectivity index (χ2n) is 19.9. The van der Waals surface area contributed by atoms with Crippen molar-refractivity contribution in [1.29, 1.82) is 0 Å². The third-order valence-corrected chi connectivity index (χ3v) is 18.2. The van der Waals surface area contributed by atoms with Crippen molar-refractivity contribution in [3.8, 4) is 55.6 Å². The smallest absolute Gasteiger partial charge is 0.0714 e. The third-order valence-electron chi connectivity index (χ3n) is 15.8. The first-order valence-corrected chi connectivity index (χ1v) is 27.7. The van der Waals surface area contributed by atoms with Crippen LogP contribution in [0.25, 0.3) is 96.0 Å². The summed E-state index contributed by atoms with van der Waals surface area (Å²) in [7, 11) is 0. The summed E-state index contributed by atoms with van der Waals surface area (Å²) in [4.78, 5) is 2.47. The van der Waals surface area contributed by atoms with Gasteiger partial charge >= 0.3 is 0 Å². The van der Waals surface area contributed by atoms with Crippen LogP contribution in [-0.2, 0) is 5.41 Å². The van der Waals surface area contributed by atoms with E-state index in [2.05, 4.69) is 290 Å². The topological polar surface area (TPSA) is 3.24 Å². The van der Waals surface area contributed by atoms with E-state index in [1.54, 1.807) is 0 Å². The monoisotopic (exact) mass is 1000 g/mol. The van der Waals surface area contributed by atoms with Crippen molar-refractivity contribution >= 4 is 80.1 Å². The molecule has 1 nitrogen and oxygen atoms in total. The predicted octanol–water partition coefficient (Wildman–Crippen LogP) is 20.9. The lowest BCUT2D eigenvalue weighted by atomic mass is 9.68. The molecule has 0 fully saturated rings. The highest BCUT2D eigenvalue weighted by Crippen LogP contribution is 2.59. The Hall–Kier alpha value is -9.12. The lowest BCUT2D eigenvalue weighted by Gasteiger charge is -2.34. The number of hydrogen-bond acceptors (Lipinski definition) is 3. The number of nitrogens with zero attached hydrogens (tertiary/aromatic N) is 1. The Balaban J connectivity index is 0.829. The van der Waals surface area contributed by atoms with Gasteiger partial charge in [0.2, 0.25) is 0 Å². The highest BCUT2D eigenvalue weighted by atomic mass is 32.1. The number of benzene rings is 12. The van der Waals surface area contributed by atoms with Crippen molar-refractivity contribution in [2.45, 2.75) is 5.41 Å². The van der Waals surface area contributed by atoms with E-state index in [9.17, 15) is 0 Å². The lowest BCUT2D eigenvalue weighted by molar-refractivity contribution is 0.768. The highest BCUT2D eigenvalue weighted by molar-refractivity contribution is 7.26. The molecular formula is C73H47NS2. The van der Waals surface area contributed by atoms with E-state index >= 15 is 0 Å². The van der Waals surface area contributed by atoms with Gasteiger partial charge in [0.15, 0.2) is 0 Å². The standard InChI is InChI=1S/C73H47NS2/c1-3-15-55(16-4-1)73(56-17-5-2-6-18-56)65-24-10-7-21-63(65)71-66(73)25-14-26-67(71)74(57-42-37-50(38-43-57)48-29-31-52(32-30-48)54-41-46-70-64(47-54)61-20-9-11-27-68(61)75-70)58-44-39-51(40-45-58)49-33-35-53(36-34-49)59-22-13-23-62-60-19-8-12-28-69(60)76-72(59)62/h1-47H. The zero-order valence-electron chi connectivity index (χ0n) is 41.4. The fraction of sp³-hybridized carbons (Fsp3) is 0.0137. The van der Waals surface area contributed by atoms with Crippen molar-refractivity contribution in [2.75, 3.05) is 4.90 Å². The molecule has 1 aliphatic carbocycles. The van der Waals surface area contributed by atoms with E-state index in [0.29, 0.717) is 0 Å². The molecule has 76 heavy (non-hydrogen) atoms. The Bertz CT molecular complexity index is 4430. The molecule has 14 aromatic rings. The molecule has 0 atom stereocenters. The zero-order chi connectivity index (χ0) is 50.2. The molecule has 2 aromatic heterocycles. The maximum Gasteiger partial charge on any atom is 0.0714 e. The summed E-state index contributed by atoms with van der Waals surface area (Å²) in [5.41, 5.74) is 20.0. The van der Waals surface area contributed by atoms with Crippen LogP contribution in [0.15, 0.2) is 285 Å². The Morgan fingerprint density at radius 2 is 0.711 bits per heavy atom. The van der Waals surface area contributed by atoms with Gasteiger partial charge in [0.1, 0.15) is 0 Å². The van der Waals surface area contributed by atoms with Gasteiger partial charge in [-0.25, -0.2) is 0 Å². The number of hydrogen-bond donors (Lipinski definition) is 0. The van der Waals surface area contributed by atoms with E-state index in [0.717, 1.165) is 17.1 Å².